The molecule has 170 valence electrons. The number of nitrogens with zero attached hydrogens (tertiary/aromatic N) is 2. The highest BCUT2D eigenvalue weighted by atomic mass is 32.2. The number of anilines is 2. The zero-order chi connectivity index (χ0) is 22.7. The van der Waals surface area contributed by atoms with Gasteiger partial charge in [-0.15, -0.1) is 0 Å². The third-order valence-electron chi connectivity index (χ3n) is 6.21. The fourth-order valence-electron chi connectivity index (χ4n) is 4.37. The molecule has 2 heterocycles. The zero-order valence-corrected chi connectivity index (χ0v) is 18.7. The van der Waals surface area contributed by atoms with Gasteiger partial charge < -0.3 is 16.0 Å². The Hall–Kier alpha value is -2.94. The van der Waals surface area contributed by atoms with Crippen molar-refractivity contribution in [3.63, 3.8) is 0 Å². The lowest BCUT2D eigenvalue weighted by atomic mass is 9.97. The summed E-state index contributed by atoms with van der Waals surface area (Å²) in [5.41, 5.74) is 8.24. The summed E-state index contributed by atoms with van der Waals surface area (Å²) in [4.78, 5) is 30.5. The maximum absolute atomic E-state index is 12.7. The first-order chi connectivity index (χ1) is 15.3. The van der Waals surface area contributed by atoms with E-state index in [2.05, 4.69) is 10.3 Å². The summed E-state index contributed by atoms with van der Waals surface area (Å²) >= 11 is 0. The first kappa shape index (κ1) is 22.3. The van der Waals surface area contributed by atoms with Crippen LogP contribution in [0, 0.1) is 5.92 Å². The van der Waals surface area contributed by atoms with Crippen LogP contribution in [0.15, 0.2) is 41.4 Å². The Kier molecular flexibility index (Phi) is 6.45. The van der Waals surface area contributed by atoms with Crippen molar-refractivity contribution in [3.05, 3.63) is 47.7 Å². The molecular formula is C23H28N4O4S. The van der Waals surface area contributed by atoms with E-state index in [1.54, 1.807) is 24.3 Å². The van der Waals surface area contributed by atoms with Gasteiger partial charge in [0.05, 0.1) is 28.5 Å². The third-order valence-corrected chi connectivity index (χ3v) is 7.92. The van der Waals surface area contributed by atoms with E-state index >= 15 is 0 Å². The Balaban J connectivity index is 1.32. The predicted octanol–water partition coefficient (Wildman–Crippen LogP) is 2.07. The van der Waals surface area contributed by atoms with Crippen molar-refractivity contribution in [1.29, 1.82) is 0 Å². The highest BCUT2D eigenvalue weighted by Crippen LogP contribution is 2.26. The van der Waals surface area contributed by atoms with Crippen molar-refractivity contribution < 1.29 is 18.0 Å². The van der Waals surface area contributed by atoms with Crippen LogP contribution in [0.1, 0.15) is 36.8 Å². The number of sulfone groups is 1. The molecule has 0 saturated carbocycles. The molecule has 8 nitrogen and oxygen atoms in total. The second kappa shape index (κ2) is 9.28. The number of carbonyl (C=O) groups excluding carboxylic acids is 2. The molecule has 9 heteroatoms. The van der Waals surface area contributed by atoms with E-state index in [0.717, 1.165) is 44.2 Å². The number of piperidine rings is 1. The van der Waals surface area contributed by atoms with Crippen molar-refractivity contribution in [2.75, 3.05) is 29.1 Å². The molecule has 1 fully saturated rings. The summed E-state index contributed by atoms with van der Waals surface area (Å²) in [7, 11) is -3.52. The monoisotopic (exact) mass is 456 g/mol. The SMILES string of the molecule is NC(=O)C1CCCN(c2ccc(NC(=O)CCS(=O)(=O)c3ccc4c(c3)CCC4)cn2)C1. The zero-order valence-electron chi connectivity index (χ0n) is 17.9. The number of amides is 2. The van der Waals surface area contributed by atoms with Crippen molar-refractivity contribution in [1.82, 2.24) is 4.98 Å². The van der Waals surface area contributed by atoms with Crippen LogP contribution >= 0.6 is 0 Å². The Labute approximate surface area is 188 Å². The smallest absolute Gasteiger partial charge is 0.225 e. The summed E-state index contributed by atoms with van der Waals surface area (Å²) in [6.07, 6.45) is 6.01. The second-order valence-corrected chi connectivity index (χ2v) is 10.6. The van der Waals surface area contributed by atoms with Crippen LogP contribution in [0.4, 0.5) is 11.5 Å². The molecule has 1 saturated heterocycles. The third kappa shape index (κ3) is 5.09. The number of primary amides is 1. The maximum atomic E-state index is 12.7. The number of fused-ring (bicyclic) bond motifs is 1. The number of carbonyl (C=O) groups is 2. The van der Waals surface area contributed by atoms with Crippen LogP contribution < -0.4 is 16.0 Å². The average molecular weight is 457 g/mol. The minimum Gasteiger partial charge on any atom is -0.369 e. The summed E-state index contributed by atoms with van der Waals surface area (Å²) in [5, 5.41) is 2.71. The van der Waals surface area contributed by atoms with E-state index < -0.39 is 9.84 Å². The van der Waals surface area contributed by atoms with Gasteiger partial charge in [-0.05, 0) is 67.5 Å². The topological polar surface area (TPSA) is 122 Å². The summed E-state index contributed by atoms with van der Waals surface area (Å²) in [5.74, 6) is -0.388. The second-order valence-electron chi connectivity index (χ2n) is 8.49. The number of benzene rings is 1. The summed E-state index contributed by atoms with van der Waals surface area (Å²) in [6, 6.07) is 8.78. The normalized spacial score (nSPS) is 18.2. The molecule has 0 bridgehead atoms. The van der Waals surface area contributed by atoms with Crippen LogP contribution in [0.5, 0.6) is 0 Å². The molecule has 2 aromatic rings. The van der Waals surface area contributed by atoms with Gasteiger partial charge >= 0.3 is 0 Å². The molecule has 1 atom stereocenters. The minimum atomic E-state index is -3.52. The van der Waals surface area contributed by atoms with Gasteiger partial charge in [0.2, 0.25) is 11.8 Å². The predicted molar refractivity (Wildman–Crippen MR) is 122 cm³/mol. The number of nitrogens with two attached hydrogens (primary N) is 1. The van der Waals surface area contributed by atoms with E-state index in [1.165, 1.54) is 11.8 Å². The quantitative estimate of drug-likeness (QED) is 0.658. The van der Waals surface area contributed by atoms with Crippen molar-refractivity contribution in [2.24, 2.45) is 11.7 Å². The molecule has 32 heavy (non-hydrogen) atoms. The van der Waals surface area contributed by atoms with Crippen LogP contribution in [0.3, 0.4) is 0 Å². The van der Waals surface area contributed by atoms with Gasteiger partial charge in [0.25, 0.3) is 0 Å². The lowest BCUT2D eigenvalue weighted by Crippen LogP contribution is -2.41. The van der Waals surface area contributed by atoms with E-state index in [4.69, 9.17) is 5.73 Å². The van der Waals surface area contributed by atoms with Crippen LogP contribution in [0.25, 0.3) is 0 Å². The number of hydrogen-bond acceptors (Lipinski definition) is 6. The highest BCUT2D eigenvalue weighted by molar-refractivity contribution is 7.91. The largest absolute Gasteiger partial charge is 0.369 e. The van der Waals surface area contributed by atoms with Crippen molar-refractivity contribution in [2.45, 2.75) is 43.4 Å². The Bertz CT molecular complexity index is 1120. The van der Waals surface area contributed by atoms with Crippen molar-refractivity contribution >= 4 is 33.2 Å². The minimum absolute atomic E-state index is 0.131. The Morgan fingerprint density at radius 3 is 2.69 bits per heavy atom. The summed E-state index contributed by atoms with van der Waals surface area (Å²) in [6.45, 7) is 1.33. The van der Waals surface area contributed by atoms with E-state index in [0.29, 0.717) is 18.1 Å². The number of aryl methyl sites for hydroxylation is 2. The number of aromatic nitrogens is 1. The molecule has 1 aromatic heterocycles. The highest BCUT2D eigenvalue weighted by Gasteiger charge is 2.25. The lowest BCUT2D eigenvalue weighted by Gasteiger charge is -2.32. The number of rotatable bonds is 7. The van der Waals surface area contributed by atoms with E-state index in [1.807, 2.05) is 11.0 Å². The van der Waals surface area contributed by atoms with Gasteiger partial charge in [0.15, 0.2) is 9.84 Å². The summed E-state index contributed by atoms with van der Waals surface area (Å²) < 4.78 is 25.3. The Morgan fingerprint density at radius 2 is 1.94 bits per heavy atom. The van der Waals surface area contributed by atoms with E-state index in [9.17, 15) is 18.0 Å². The van der Waals surface area contributed by atoms with Gasteiger partial charge in [-0.25, -0.2) is 13.4 Å². The van der Waals surface area contributed by atoms with Gasteiger partial charge in [-0.1, -0.05) is 6.07 Å². The Morgan fingerprint density at radius 1 is 1.12 bits per heavy atom. The van der Waals surface area contributed by atoms with Crippen LogP contribution in [-0.4, -0.2) is 44.1 Å². The van der Waals surface area contributed by atoms with Crippen LogP contribution in [0.2, 0.25) is 0 Å². The van der Waals surface area contributed by atoms with Gasteiger partial charge in [0, 0.05) is 19.5 Å². The van der Waals surface area contributed by atoms with Crippen molar-refractivity contribution in [3.8, 4) is 0 Å². The first-order valence-corrected chi connectivity index (χ1v) is 12.6. The van der Waals surface area contributed by atoms with Gasteiger partial charge in [-0.2, -0.15) is 0 Å². The molecule has 3 N–H and O–H groups in total. The molecule has 1 unspecified atom stereocenters. The average Bonchev–Trinajstić information content (AvgIpc) is 3.26. The van der Waals surface area contributed by atoms with E-state index in [-0.39, 0.29) is 34.8 Å². The molecule has 0 radical (unpaired) electrons. The molecule has 2 amide bonds. The molecule has 1 aromatic carbocycles. The molecule has 2 aliphatic rings. The maximum Gasteiger partial charge on any atom is 0.225 e. The number of pyridine rings is 1. The first-order valence-electron chi connectivity index (χ1n) is 11.0. The molecular weight excluding hydrogens is 428 g/mol. The molecule has 1 aliphatic carbocycles. The number of nitrogens with one attached hydrogen (secondary N) is 1. The molecule has 1 aliphatic heterocycles. The fourth-order valence-corrected chi connectivity index (χ4v) is 5.66. The molecule has 0 spiro atoms. The fraction of sp³-hybridized carbons (Fsp3) is 0.435. The lowest BCUT2D eigenvalue weighted by molar-refractivity contribution is -0.122. The van der Waals surface area contributed by atoms with Crippen LogP contribution in [-0.2, 0) is 32.3 Å². The number of hydrogen-bond donors (Lipinski definition) is 2. The van der Waals surface area contributed by atoms with Gasteiger partial charge in [0.1, 0.15) is 5.82 Å². The van der Waals surface area contributed by atoms with Gasteiger partial charge in [-0.3, -0.25) is 9.59 Å². The molecule has 4 rings (SSSR count). The standard InChI is InChI=1S/C23H28N4O4S/c24-23(29)18-5-2-11-27(15-18)21-9-7-19(14-25-21)26-22(28)10-12-32(30,31)20-8-6-16-3-1-4-17(16)13-20/h6-9,13-14,18H,1-5,10-12,15H2,(H2,24,29)(H,26,28).